The number of carbonyl (C=O) groups excluding carboxylic acids is 1. The molecule has 290 valence electrons. The second kappa shape index (κ2) is 34.1. The highest BCUT2D eigenvalue weighted by atomic mass is 31.2. The van der Waals surface area contributed by atoms with E-state index in [9.17, 15) is 14.3 Å². The van der Waals surface area contributed by atoms with Gasteiger partial charge in [-0.25, -0.2) is 0 Å². The van der Waals surface area contributed by atoms with Crippen molar-refractivity contribution in [1.82, 2.24) is 0 Å². The number of ether oxygens (including phenoxy) is 2. The van der Waals surface area contributed by atoms with Crippen LogP contribution in [0.5, 0.6) is 0 Å². The van der Waals surface area contributed by atoms with Gasteiger partial charge in [-0.1, -0.05) is 141 Å². The Kier molecular flexibility index (Phi) is 33.4. The lowest BCUT2D eigenvalue weighted by Crippen LogP contribution is -2.37. The predicted molar refractivity (Wildman–Crippen MR) is 204 cm³/mol. The minimum absolute atomic E-state index is 0.0263. The second-order valence-electron chi connectivity index (χ2n) is 14.6. The smallest absolute Gasteiger partial charge is 0.306 e. The van der Waals surface area contributed by atoms with Crippen molar-refractivity contribution in [3.63, 3.8) is 0 Å². The Hall–Kier alpha value is -1.02. The van der Waals surface area contributed by atoms with Gasteiger partial charge in [-0.2, -0.15) is 0 Å². The van der Waals surface area contributed by atoms with Crippen LogP contribution in [-0.4, -0.2) is 70.7 Å². The first-order chi connectivity index (χ1) is 23.6. The van der Waals surface area contributed by atoms with Crippen LogP contribution >= 0.6 is 7.82 Å². The van der Waals surface area contributed by atoms with E-state index in [0.717, 1.165) is 38.5 Å². The molecule has 2 atom stereocenters. The van der Waals surface area contributed by atoms with Crippen LogP contribution in [0.4, 0.5) is 0 Å². The molecule has 0 aliphatic carbocycles. The number of hydrogen-bond acceptors (Lipinski definition) is 7. The van der Waals surface area contributed by atoms with Crippen LogP contribution in [-0.2, 0) is 27.9 Å². The summed E-state index contributed by atoms with van der Waals surface area (Å²) in [4.78, 5) is 24.8. The van der Waals surface area contributed by atoms with Crippen molar-refractivity contribution in [2.75, 3.05) is 54.1 Å². The van der Waals surface area contributed by atoms with Crippen molar-refractivity contribution in [2.24, 2.45) is 0 Å². The van der Waals surface area contributed by atoms with Crippen molar-refractivity contribution in [3.05, 3.63) is 24.3 Å². The van der Waals surface area contributed by atoms with E-state index < -0.39 is 13.9 Å². The van der Waals surface area contributed by atoms with E-state index >= 15 is 0 Å². The van der Waals surface area contributed by atoms with E-state index in [1.54, 1.807) is 0 Å². The molecule has 0 saturated heterocycles. The SMILES string of the molecule is CCCCCCC/C=C\C/C=C\CCCCCCCCCCCC(=O)OC(COCCCCCCCC)COP(=O)([O-])OCC[N+](C)(C)C. The van der Waals surface area contributed by atoms with Gasteiger partial charge in [-0.15, -0.1) is 0 Å². The zero-order chi connectivity index (χ0) is 36.3. The largest absolute Gasteiger partial charge is 0.756 e. The van der Waals surface area contributed by atoms with E-state index in [2.05, 4.69) is 38.2 Å². The molecule has 0 aromatic carbocycles. The lowest BCUT2D eigenvalue weighted by molar-refractivity contribution is -0.870. The molecule has 0 spiro atoms. The Morgan fingerprint density at radius 3 is 1.65 bits per heavy atom. The van der Waals surface area contributed by atoms with Gasteiger partial charge in [0.15, 0.2) is 0 Å². The van der Waals surface area contributed by atoms with E-state index in [0.29, 0.717) is 24.1 Å². The number of hydrogen-bond donors (Lipinski definition) is 0. The van der Waals surface area contributed by atoms with Crippen LogP contribution in [0.15, 0.2) is 24.3 Å². The van der Waals surface area contributed by atoms with Crippen molar-refractivity contribution in [2.45, 2.75) is 174 Å². The number of allylic oxidation sites excluding steroid dienone is 4. The molecule has 0 saturated carbocycles. The minimum atomic E-state index is -4.51. The maximum absolute atomic E-state index is 12.6. The molecule has 0 aliphatic heterocycles. The Morgan fingerprint density at radius 2 is 1.12 bits per heavy atom. The average Bonchev–Trinajstić information content (AvgIpc) is 3.04. The molecule has 9 heteroatoms. The van der Waals surface area contributed by atoms with E-state index in [-0.39, 0.29) is 25.8 Å². The molecule has 0 aromatic rings. The van der Waals surface area contributed by atoms with Gasteiger partial charge in [-0.05, 0) is 44.9 Å². The molecule has 0 rings (SSSR count). The maximum Gasteiger partial charge on any atom is 0.306 e. The first-order valence-corrected chi connectivity index (χ1v) is 21.5. The predicted octanol–water partition coefficient (Wildman–Crippen LogP) is 10.6. The Balaban J connectivity index is 4.08. The van der Waals surface area contributed by atoms with Crippen LogP contribution in [0.25, 0.3) is 0 Å². The van der Waals surface area contributed by atoms with Crippen molar-refractivity contribution in [3.8, 4) is 0 Å². The standard InChI is InChI=1S/C40H78NO7P/c1-6-8-10-12-14-15-16-17-18-19-20-21-22-23-24-25-26-27-28-29-31-33-40(42)48-39(37-45-35-32-30-13-11-9-7-2)38-47-49(43,44)46-36-34-41(3,4)5/h16-17,19-20,39H,6-15,18,21-38H2,1-5H3/b17-16-,20-19-. The van der Waals surface area contributed by atoms with Crippen LogP contribution in [0.2, 0.25) is 0 Å². The summed E-state index contributed by atoms with van der Waals surface area (Å²) in [5.74, 6) is -0.341. The summed E-state index contributed by atoms with van der Waals surface area (Å²) in [6, 6.07) is 0. The summed E-state index contributed by atoms with van der Waals surface area (Å²) in [5, 5.41) is 0. The van der Waals surface area contributed by atoms with Gasteiger partial charge >= 0.3 is 5.97 Å². The summed E-state index contributed by atoms with van der Waals surface area (Å²) in [6.07, 6.45) is 36.3. The van der Waals surface area contributed by atoms with Crippen molar-refractivity contribution in [1.29, 1.82) is 0 Å². The first-order valence-electron chi connectivity index (χ1n) is 20.1. The number of phosphoric acid groups is 1. The van der Waals surface area contributed by atoms with E-state index in [4.69, 9.17) is 18.5 Å². The molecular weight excluding hydrogens is 637 g/mol. The highest BCUT2D eigenvalue weighted by Crippen LogP contribution is 2.38. The fraction of sp³-hybridized carbons (Fsp3) is 0.875. The van der Waals surface area contributed by atoms with Gasteiger partial charge in [0, 0.05) is 13.0 Å². The van der Waals surface area contributed by atoms with Crippen molar-refractivity contribution >= 4 is 13.8 Å². The molecule has 0 radical (unpaired) electrons. The highest BCUT2D eigenvalue weighted by Gasteiger charge is 2.20. The fourth-order valence-electron chi connectivity index (χ4n) is 5.34. The van der Waals surface area contributed by atoms with E-state index in [1.807, 2.05) is 21.1 Å². The van der Waals surface area contributed by atoms with Crippen LogP contribution < -0.4 is 4.89 Å². The monoisotopic (exact) mass is 716 g/mol. The molecule has 0 heterocycles. The molecule has 0 fully saturated rings. The second-order valence-corrected chi connectivity index (χ2v) is 16.1. The topological polar surface area (TPSA) is 94.1 Å². The number of likely N-dealkylation sites (N-methyl/N-ethyl adjacent to an activating group) is 1. The quantitative estimate of drug-likeness (QED) is 0.0208. The van der Waals surface area contributed by atoms with E-state index in [1.165, 1.54) is 109 Å². The van der Waals surface area contributed by atoms with Gasteiger partial charge in [0.25, 0.3) is 7.82 Å². The number of carbonyl (C=O) groups is 1. The molecule has 0 bridgehead atoms. The Labute approximate surface area is 303 Å². The molecule has 0 aromatic heterocycles. The van der Waals surface area contributed by atoms with Gasteiger partial charge in [0.1, 0.15) is 19.3 Å². The molecule has 49 heavy (non-hydrogen) atoms. The number of nitrogens with zero attached hydrogens (tertiary/aromatic N) is 1. The normalized spacial score (nSPS) is 14.2. The summed E-state index contributed by atoms with van der Waals surface area (Å²) >= 11 is 0. The third-order valence-electron chi connectivity index (χ3n) is 8.51. The molecule has 0 aliphatic rings. The molecule has 2 unspecified atom stereocenters. The molecule has 0 amide bonds. The third kappa shape index (κ3) is 38.1. The summed E-state index contributed by atoms with van der Waals surface area (Å²) in [7, 11) is 1.35. The molecule has 8 nitrogen and oxygen atoms in total. The lowest BCUT2D eigenvalue weighted by Gasteiger charge is -2.28. The van der Waals surface area contributed by atoms with Gasteiger partial charge in [0.05, 0.1) is 34.4 Å². The zero-order valence-corrected chi connectivity index (χ0v) is 33.5. The van der Waals surface area contributed by atoms with Crippen LogP contribution in [0.1, 0.15) is 168 Å². The molecule has 0 N–H and O–H groups in total. The third-order valence-corrected chi connectivity index (χ3v) is 9.47. The number of esters is 1. The maximum atomic E-state index is 12.6. The summed E-state index contributed by atoms with van der Waals surface area (Å²) in [5.41, 5.74) is 0. The number of unbranched alkanes of at least 4 members (excludes halogenated alkanes) is 19. The first kappa shape index (κ1) is 48.0. The summed E-state index contributed by atoms with van der Waals surface area (Å²) in [6.45, 7) is 5.35. The molecular formula is C40H78NO7P. The highest BCUT2D eigenvalue weighted by molar-refractivity contribution is 7.45. The number of phosphoric ester groups is 1. The number of rotatable bonds is 37. The summed E-state index contributed by atoms with van der Waals surface area (Å²) < 4.78 is 34.3. The van der Waals surface area contributed by atoms with Gasteiger partial charge in [-0.3, -0.25) is 9.36 Å². The average molecular weight is 716 g/mol. The van der Waals surface area contributed by atoms with Crippen LogP contribution in [0.3, 0.4) is 0 Å². The lowest BCUT2D eigenvalue weighted by atomic mass is 10.1. The van der Waals surface area contributed by atoms with Crippen LogP contribution in [0, 0.1) is 0 Å². The van der Waals surface area contributed by atoms with Gasteiger partial charge < -0.3 is 27.9 Å². The fourth-order valence-corrected chi connectivity index (χ4v) is 6.07. The van der Waals surface area contributed by atoms with Crippen molar-refractivity contribution < 1.29 is 37.3 Å². The Morgan fingerprint density at radius 1 is 0.633 bits per heavy atom. The zero-order valence-electron chi connectivity index (χ0n) is 32.6. The van der Waals surface area contributed by atoms with Gasteiger partial charge in [0.2, 0.25) is 0 Å². The minimum Gasteiger partial charge on any atom is -0.756 e. The number of quaternary nitrogens is 1. The Bertz CT molecular complexity index is 843.